The molecule has 6 rings (SSSR count). The number of amides is 2. The Morgan fingerprint density at radius 3 is 2.46 bits per heavy atom. The largest absolute Gasteiger partial charge is 0.504 e. The summed E-state index contributed by atoms with van der Waals surface area (Å²) in [6.45, 7) is 3.75. The summed E-state index contributed by atoms with van der Waals surface area (Å²) in [6.07, 6.45) is 5.43. The van der Waals surface area contributed by atoms with E-state index in [4.69, 9.17) is 4.74 Å². The maximum atomic E-state index is 13.9. The number of hydrogen-bond acceptors (Lipinski definition) is 6. The highest BCUT2D eigenvalue weighted by Gasteiger charge is 2.56. The van der Waals surface area contributed by atoms with E-state index in [9.17, 15) is 24.3 Å². The van der Waals surface area contributed by atoms with E-state index in [2.05, 4.69) is 22.5 Å². The number of aromatic hydroxyl groups is 1. The van der Waals surface area contributed by atoms with E-state index in [1.54, 1.807) is 42.5 Å². The lowest BCUT2D eigenvalue weighted by Crippen LogP contribution is -2.39. The number of allylic oxidation sites excluding steroid dienone is 6. The molecule has 2 amide bonds. The molecule has 4 unspecified atom stereocenters. The fourth-order valence-corrected chi connectivity index (χ4v) is 6.93. The number of methoxy groups -OCH3 is 1. The van der Waals surface area contributed by atoms with Gasteiger partial charge in [0.2, 0.25) is 11.8 Å². The Hall–Kier alpha value is -4.04. The molecule has 4 atom stereocenters. The molecule has 2 aromatic rings. The predicted octanol–water partition coefficient (Wildman–Crippen LogP) is 5.01. The van der Waals surface area contributed by atoms with Crippen LogP contribution in [0.15, 0.2) is 82.4 Å². The Morgan fingerprint density at radius 1 is 1.05 bits per heavy atom. The van der Waals surface area contributed by atoms with Crippen molar-refractivity contribution < 1.29 is 29.0 Å². The number of ether oxygens (including phenoxy) is 1. The third-order valence-electron chi connectivity index (χ3n) is 8.25. The number of fused-ring (bicyclic) bond motifs is 3. The van der Waals surface area contributed by atoms with Crippen molar-refractivity contribution in [3.05, 3.63) is 93.5 Å². The lowest BCUT2D eigenvalue weighted by atomic mass is 9.59. The normalized spacial score (nSPS) is 26.1. The van der Waals surface area contributed by atoms with E-state index in [1.165, 1.54) is 24.2 Å². The molecule has 1 N–H and O–H groups in total. The second-order valence-corrected chi connectivity index (χ2v) is 11.0. The average molecular weight is 586 g/mol. The van der Waals surface area contributed by atoms with Crippen LogP contribution < -0.4 is 9.64 Å². The zero-order valence-electron chi connectivity index (χ0n) is 21.0. The molecule has 3 aliphatic carbocycles. The summed E-state index contributed by atoms with van der Waals surface area (Å²) in [5.41, 5.74) is 3.48. The predicted molar refractivity (Wildman–Crippen MR) is 148 cm³/mol. The van der Waals surface area contributed by atoms with Gasteiger partial charge in [-0.3, -0.25) is 24.1 Å². The van der Waals surface area contributed by atoms with Crippen LogP contribution in [0.25, 0.3) is 6.08 Å². The molecule has 1 saturated heterocycles. The van der Waals surface area contributed by atoms with Crippen molar-refractivity contribution in [2.75, 3.05) is 12.0 Å². The van der Waals surface area contributed by atoms with E-state index in [0.29, 0.717) is 28.8 Å². The molecule has 0 aromatic heterocycles. The van der Waals surface area contributed by atoms with Crippen LogP contribution in [0.5, 0.6) is 11.5 Å². The van der Waals surface area contributed by atoms with Gasteiger partial charge >= 0.3 is 0 Å². The maximum absolute atomic E-state index is 13.9. The molecule has 1 fully saturated rings. The van der Waals surface area contributed by atoms with Gasteiger partial charge in [0.15, 0.2) is 23.1 Å². The number of phenols is 1. The second kappa shape index (κ2) is 9.31. The standard InChI is InChI=1S/C31H24BrNO6/c1-3-15-4-7-17(8-5-15)33-30(37)19-10-9-18-20(27(19)31(33)38)13-21-28(24(35)14-22(32)29(21)36)26(18)16-6-11-25(39-2)23(34)12-16/h3-9,11-12,14,19-20,26-27,34H,1,10,13H2,2H3. The van der Waals surface area contributed by atoms with Gasteiger partial charge < -0.3 is 9.84 Å². The van der Waals surface area contributed by atoms with Crippen molar-refractivity contribution in [1.82, 2.24) is 0 Å². The van der Waals surface area contributed by atoms with E-state index in [-0.39, 0.29) is 45.8 Å². The summed E-state index contributed by atoms with van der Waals surface area (Å²) in [5, 5.41) is 10.6. The lowest BCUT2D eigenvalue weighted by Gasteiger charge is -2.42. The quantitative estimate of drug-likeness (QED) is 0.307. The van der Waals surface area contributed by atoms with Crippen LogP contribution in [-0.4, -0.2) is 35.6 Å². The number of carbonyl (C=O) groups excluding carboxylic acids is 4. The van der Waals surface area contributed by atoms with Crippen LogP contribution in [0.2, 0.25) is 0 Å². The average Bonchev–Trinajstić information content (AvgIpc) is 3.20. The highest BCUT2D eigenvalue weighted by atomic mass is 79.9. The Balaban J connectivity index is 1.47. The van der Waals surface area contributed by atoms with Crippen molar-refractivity contribution in [3.8, 4) is 11.5 Å². The highest BCUT2D eigenvalue weighted by Crippen LogP contribution is 2.56. The first kappa shape index (κ1) is 25.2. The van der Waals surface area contributed by atoms with Crippen LogP contribution in [0.1, 0.15) is 29.9 Å². The number of phenolic OH excluding ortho intramolecular Hbond substituents is 1. The van der Waals surface area contributed by atoms with Crippen molar-refractivity contribution in [2.24, 2.45) is 17.8 Å². The number of benzene rings is 2. The topological polar surface area (TPSA) is 101 Å². The molecular weight excluding hydrogens is 562 g/mol. The van der Waals surface area contributed by atoms with Crippen molar-refractivity contribution in [1.29, 1.82) is 0 Å². The van der Waals surface area contributed by atoms with Crippen LogP contribution in [0.3, 0.4) is 0 Å². The molecule has 1 heterocycles. The van der Waals surface area contributed by atoms with E-state index < -0.39 is 23.7 Å². The van der Waals surface area contributed by atoms with Gasteiger partial charge in [-0.25, -0.2) is 0 Å². The summed E-state index contributed by atoms with van der Waals surface area (Å²) in [4.78, 5) is 55.4. The molecule has 0 spiro atoms. The van der Waals surface area contributed by atoms with Gasteiger partial charge in [0.25, 0.3) is 0 Å². The molecular formula is C31H24BrNO6. The van der Waals surface area contributed by atoms with Gasteiger partial charge in [-0.15, -0.1) is 0 Å². The molecule has 1 aliphatic heterocycles. The third-order valence-corrected chi connectivity index (χ3v) is 8.84. The molecule has 0 radical (unpaired) electrons. The number of nitrogens with zero attached hydrogens (tertiary/aromatic N) is 1. The van der Waals surface area contributed by atoms with E-state index in [1.807, 2.05) is 6.08 Å². The first-order chi connectivity index (χ1) is 18.7. The van der Waals surface area contributed by atoms with Gasteiger partial charge in [-0.1, -0.05) is 42.5 Å². The SMILES string of the molecule is C=Cc1ccc(N2C(=O)C3CC=C4C(c5ccc(OC)c(O)c5)C5=C(CC4C3C2=O)C(=O)C(Br)=CC5=O)cc1. The molecule has 0 bridgehead atoms. The maximum Gasteiger partial charge on any atom is 0.238 e. The lowest BCUT2D eigenvalue weighted by molar-refractivity contribution is -0.123. The van der Waals surface area contributed by atoms with Crippen LogP contribution in [0, 0.1) is 17.8 Å². The van der Waals surface area contributed by atoms with Crippen LogP contribution in [-0.2, 0) is 19.2 Å². The first-order valence-electron chi connectivity index (χ1n) is 12.6. The Bertz CT molecular complexity index is 1580. The van der Waals surface area contributed by atoms with Crippen molar-refractivity contribution in [2.45, 2.75) is 18.8 Å². The van der Waals surface area contributed by atoms with E-state index >= 15 is 0 Å². The fourth-order valence-electron chi connectivity index (χ4n) is 6.49. The Morgan fingerprint density at radius 2 is 1.79 bits per heavy atom. The number of hydrogen-bond donors (Lipinski definition) is 1. The Labute approximate surface area is 233 Å². The zero-order valence-corrected chi connectivity index (χ0v) is 22.6. The number of Topliss-reactive ketones (excluding diaryl/α,β-unsaturated/α-hetero) is 1. The van der Waals surface area contributed by atoms with Gasteiger partial charge in [0, 0.05) is 23.1 Å². The summed E-state index contributed by atoms with van der Waals surface area (Å²) in [6, 6.07) is 12.0. The number of halogens is 1. The molecule has 4 aliphatic rings. The number of rotatable bonds is 4. The summed E-state index contributed by atoms with van der Waals surface area (Å²) in [5.74, 6) is -3.33. The molecule has 39 heavy (non-hydrogen) atoms. The van der Waals surface area contributed by atoms with Gasteiger partial charge in [-0.05, 0) is 70.1 Å². The second-order valence-electron chi connectivity index (χ2n) is 10.1. The van der Waals surface area contributed by atoms with Gasteiger partial charge in [0.1, 0.15) is 0 Å². The highest BCUT2D eigenvalue weighted by molar-refractivity contribution is 9.12. The molecule has 0 saturated carbocycles. The number of anilines is 1. The third kappa shape index (κ3) is 3.77. The minimum Gasteiger partial charge on any atom is -0.504 e. The Kier molecular flexibility index (Phi) is 6.03. The zero-order chi connectivity index (χ0) is 27.6. The minimum atomic E-state index is -0.674. The molecule has 8 heteroatoms. The van der Waals surface area contributed by atoms with Gasteiger partial charge in [0.05, 0.1) is 29.1 Å². The summed E-state index contributed by atoms with van der Waals surface area (Å²) >= 11 is 3.23. The monoisotopic (exact) mass is 585 g/mol. The minimum absolute atomic E-state index is 0.0962. The fraction of sp³-hybridized carbons (Fsp3) is 0.226. The van der Waals surface area contributed by atoms with Crippen LogP contribution >= 0.6 is 15.9 Å². The van der Waals surface area contributed by atoms with Crippen LogP contribution in [0.4, 0.5) is 5.69 Å². The van der Waals surface area contributed by atoms with Crippen molar-refractivity contribution >= 4 is 51.1 Å². The number of imide groups is 1. The summed E-state index contributed by atoms with van der Waals surface area (Å²) in [7, 11) is 1.45. The molecule has 196 valence electrons. The van der Waals surface area contributed by atoms with Gasteiger partial charge in [-0.2, -0.15) is 0 Å². The first-order valence-corrected chi connectivity index (χ1v) is 13.4. The van der Waals surface area contributed by atoms with E-state index in [0.717, 1.165) is 11.1 Å². The van der Waals surface area contributed by atoms with Crippen molar-refractivity contribution in [3.63, 3.8) is 0 Å². The molecule has 2 aromatic carbocycles. The summed E-state index contributed by atoms with van der Waals surface area (Å²) < 4.78 is 5.36. The number of carbonyl (C=O) groups is 4. The smallest absolute Gasteiger partial charge is 0.238 e. The number of ketones is 2. The molecule has 7 nitrogen and oxygen atoms in total.